The van der Waals surface area contributed by atoms with Crippen molar-refractivity contribution in [3.05, 3.63) is 75.3 Å². The van der Waals surface area contributed by atoms with E-state index in [-0.39, 0.29) is 35.1 Å². The molecule has 3 unspecified atom stereocenters. The second-order valence-corrected chi connectivity index (χ2v) is 12.4. The van der Waals surface area contributed by atoms with Gasteiger partial charge in [-0.3, -0.25) is 14.2 Å². The summed E-state index contributed by atoms with van der Waals surface area (Å²) in [5.74, 6) is 2.59. The van der Waals surface area contributed by atoms with Crippen LogP contribution in [0.25, 0.3) is 10.9 Å². The summed E-state index contributed by atoms with van der Waals surface area (Å²) in [5, 5.41) is 4.31. The van der Waals surface area contributed by atoms with Crippen LogP contribution >= 0.6 is 11.6 Å². The minimum absolute atomic E-state index is 0.0200. The summed E-state index contributed by atoms with van der Waals surface area (Å²) in [6, 6.07) is 15.4. The quantitative estimate of drug-likeness (QED) is 0.363. The molecule has 38 heavy (non-hydrogen) atoms. The van der Waals surface area contributed by atoms with Crippen LogP contribution in [0.5, 0.6) is 0 Å². The molecule has 6 heteroatoms. The number of hydrogen-bond donors (Lipinski definition) is 1. The standard InChI is InChI=1S/C32H40ClN3O2/c1-20(2)29(25-15-16-34-31(37)27(25)17-22-11-9-21(3)10-12-22)30-35-28-18-24(33)13-14-26(28)32(38)36(30)19-23-7-5-4-6-8-23/h4-8,13-14,18,20-22,25,27,29H,9-12,15-17,19H2,1-3H3,(H,34,37). The molecule has 202 valence electrons. The van der Waals surface area contributed by atoms with Crippen molar-refractivity contribution >= 4 is 28.4 Å². The number of benzene rings is 2. The van der Waals surface area contributed by atoms with Crippen molar-refractivity contribution in [2.24, 2.45) is 29.6 Å². The number of hydrogen-bond acceptors (Lipinski definition) is 3. The first kappa shape index (κ1) is 26.9. The maximum absolute atomic E-state index is 14.0. The zero-order valence-corrected chi connectivity index (χ0v) is 23.6. The predicted molar refractivity (Wildman–Crippen MR) is 154 cm³/mol. The molecule has 3 atom stereocenters. The fraction of sp³-hybridized carbons (Fsp3) is 0.531. The Labute approximate surface area is 231 Å². The fourth-order valence-corrected chi connectivity index (χ4v) is 7.06. The van der Waals surface area contributed by atoms with Crippen LogP contribution in [0.4, 0.5) is 0 Å². The summed E-state index contributed by atoms with van der Waals surface area (Å²) in [6.07, 6.45) is 6.73. The highest BCUT2D eigenvalue weighted by Gasteiger charge is 2.42. The zero-order chi connectivity index (χ0) is 26.8. The molecule has 1 saturated heterocycles. The highest BCUT2D eigenvalue weighted by atomic mass is 35.5. The third-order valence-electron chi connectivity index (χ3n) is 8.96. The number of fused-ring (bicyclic) bond motifs is 1. The van der Waals surface area contributed by atoms with Crippen molar-refractivity contribution in [3.63, 3.8) is 0 Å². The summed E-state index contributed by atoms with van der Waals surface area (Å²) in [6.45, 7) is 7.88. The van der Waals surface area contributed by atoms with Crippen molar-refractivity contribution in [2.45, 2.75) is 71.8 Å². The molecule has 0 radical (unpaired) electrons. The lowest BCUT2D eigenvalue weighted by Gasteiger charge is -2.41. The highest BCUT2D eigenvalue weighted by Crippen LogP contribution is 2.44. The molecular weight excluding hydrogens is 494 g/mol. The van der Waals surface area contributed by atoms with Crippen LogP contribution in [0.3, 0.4) is 0 Å². The molecule has 0 spiro atoms. The largest absolute Gasteiger partial charge is 0.356 e. The lowest BCUT2D eigenvalue weighted by Crippen LogP contribution is -2.47. The molecule has 5 nitrogen and oxygen atoms in total. The number of halogens is 1. The van der Waals surface area contributed by atoms with Gasteiger partial charge in [0.2, 0.25) is 5.91 Å². The van der Waals surface area contributed by atoms with E-state index in [9.17, 15) is 9.59 Å². The molecule has 1 aromatic heterocycles. The number of nitrogens with one attached hydrogen (secondary N) is 1. The summed E-state index contributed by atoms with van der Waals surface area (Å²) in [5.41, 5.74) is 1.64. The van der Waals surface area contributed by atoms with E-state index < -0.39 is 0 Å². The van der Waals surface area contributed by atoms with Crippen LogP contribution in [-0.2, 0) is 11.3 Å². The third-order valence-corrected chi connectivity index (χ3v) is 9.20. The maximum atomic E-state index is 14.0. The second kappa shape index (κ2) is 11.6. The van der Waals surface area contributed by atoms with Gasteiger partial charge in [-0.05, 0) is 60.3 Å². The Bertz CT molecular complexity index is 1330. The Balaban J connectivity index is 1.60. The fourth-order valence-electron chi connectivity index (χ4n) is 6.89. The third kappa shape index (κ3) is 5.68. The molecule has 3 aromatic rings. The Morgan fingerprint density at radius 2 is 1.76 bits per heavy atom. The SMILES string of the molecule is CC1CCC(CC2C(=O)NCCC2C(c2nc3cc(Cl)ccc3c(=O)n2Cc2ccccc2)C(C)C)CC1. The van der Waals surface area contributed by atoms with E-state index in [0.29, 0.717) is 34.9 Å². The van der Waals surface area contributed by atoms with Gasteiger partial charge < -0.3 is 5.32 Å². The summed E-state index contributed by atoms with van der Waals surface area (Å²) in [7, 11) is 0. The molecule has 1 N–H and O–H groups in total. The van der Waals surface area contributed by atoms with Crippen molar-refractivity contribution < 1.29 is 4.79 Å². The van der Waals surface area contributed by atoms with Crippen molar-refractivity contribution in [1.82, 2.24) is 14.9 Å². The minimum Gasteiger partial charge on any atom is -0.356 e. The Morgan fingerprint density at radius 3 is 2.47 bits per heavy atom. The monoisotopic (exact) mass is 533 g/mol. The van der Waals surface area contributed by atoms with Crippen molar-refractivity contribution in [2.75, 3.05) is 6.54 Å². The minimum atomic E-state index is -0.0632. The Kier molecular flexibility index (Phi) is 8.23. The first-order chi connectivity index (χ1) is 18.3. The number of aromatic nitrogens is 2. The summed E-state index contributed by atoms with van der Waals surface area (Å²) in [4.78, 5) is 32.5. The van der Waals surface area contributed by atoms with E-state index in [1.54, 1.807) is 18.2 Å². The average Bonchev–Trinajstić information content (AvgIpc) is 2.89. The lowest BCUT2D eigenvalue weighted by atomic mass is 9.67. The van der Waals surface area contributed by atoms with Crippen LogP contribution in [0, 0.1) is 29.6 Å². The van der Waals surface area contributed by atoms with Gasteiger partial charge in [-0.15, -0.1) is 0 Å². The number of nitrogens with zero attached hydrogens (tertiary/aromatic N) is 2. The molecular formula is C32H40ClN3O2. The van der Waals surface area contributed by atoms with E-state index in [4.69, 9.17) is 16.6 Å². The normalized spacial score (nSPS) is 24.9. The summed E-state index contributed by atoms with van der Waals surface area (Å²) < 4.78 is 1.86. The topological polar surface area (TPSA) is 64.0 Å². The van der Waals surface area contributed by atoms with Gasteiger partial charge in [-0.25, -0.2) is 4.98 Å². The van der Waals surface area contributed by atoms with Crippen LogP contribution in [0.15, 0.2) is 53.3 Å². The smallest absolute Gasteiger partial charge is 0.261 e. The number of piperidine rings is 1. The van der Waals surface area contributed by atoms with Gasteiger partial charge in [0.1, 0.15) is 5.82 Å². The lowest BCUT2D eigenvalue weighted by molar-refractivity contribution is -0.130. The van der Waals surface area contributed by atoms with E-state index >= 15 is 0 Å². The predicted octanol–water partition coefficient (Wildman–Crippen LogP) is 6.81. The second-order valence-electron chi connectivity index (χ2n) is 12.0. The first-order valence-electron chi connectivity index (χ1n) is 14.3. The van der Waals surface area contributed by atoms with Gasteiger partial charge in [0.25, 0.3) is 5.56 Å². The van der Waals surface area contributed by atoms with E-state index in [1.807, 2.05) is 34.9 Å². The molecule has 0 bridgehead atoms. The number of rotatable bonds is 7. The number of carbonyl (C=O) groups excluding carboxylic acids is 1. The van der Waals surface area contributed by atoms with Crippen LogP contribution in [0.2, 0.25) is 5.02 Å². The molecule has 1 aliphatic carbocycles. The first-order valence-corrected chi connectivity index (χ1v) is 14.7. The van der Waals surface area contributed by atoms with E-state index in [1.165, 1.54) is 25.7 Å². The van der Waals surface area contributed by atoms with Gasteiger partial charge in [0.15, 0.2) is 0 Å². The Morgan fingerprint density at radius 1 is 1.03 bits per heavy atom. The molecule has 2 heterocycles. The van der Waals surface area contributed by atoms with Gasteiger partial charge in [-0.1, -0.05) is 88.4 Å². The van der Waals surface area contributed by atoms with Crippen LogP contribution < -0.4 is 10.9 Å². The van der Waals surface area contributed by atoms with Crippen molar-refractivity contribution in [3.8, 4) is 0 Å². The van der Waals surface area contributed by atoms with Gasteiger partial charge in [0, 0.05) is 23.4 Å². The molecule has 5 rings (SSSR count). The number of carbonyl (C=O) groups is 1. The average molecular weight is 534 g/mol. The van der Waals surface area contributed by atoms with Gasteiger partial charge >= 0.3 is 0 Å². The van der Waals surface area contributed by atoms with E-state index in [2.05, 4.69) is 26.1 Å². The maximum Gasteiger partial charge on any atom is 0.261 e. The summed E-state index contributed by atoms with van der Waals surface area (Å²) >= 11 is 6.34. The molecule has 2 fully saturated rings. The van der Waals surface area contributed by atoms with E-state index in [0.717, 1.165) is 30.1 Å². The van der Waals surface area contributed by atoms with Crippen molar-refractivity contribution in [1.29, 1.82) is 0 Å². The molecule has 1 amide bonds. The van der Waals surface area contributed by atoms with Crippen LogP contribution in [-0.4, -0.2) is 22.0 Å². The molecule has 1 aliphatic heterocycles. The van der Waals surface area contributed by atoms with Crippen LogP contribution in [0.1, 0.15) is 76.6 Å². The molecule has 2 aliphatic rings. The number of amides is 1. The van der Waals surface area contributed by atoms with Gasteiger partial charge in [-0.2, -0.15) is 0 Å². The highest BCUT2D eigenvalue weighted by molar-refractivity contribution is 6.31. The Hall–Kier alpha value is -2.66. The zero-order valence-electron chi connectivity index (χ0n) is 22.8. The molecule has 2 aromatic carbocycles. The molecule has 1 saturated carbocycles. The van der Waals surface area contributed by atoms with Gasteiger partial charge in [0.05, 0.1) is 17.4 Å².